The zero-order valence-corrected chi connectivity index (χ0v) is 47.7. The molecule has 7 aromatic rings. The van der Waals surface area contributed by atoms with Crippen LogP contribution < -0.4 is 31.1 Å². The maximum atomic E-state index is 2.86. The first-order valence-electron chi connectivity index (χ1n) is 27.9. The predicted octanol–water partition coefficient (Wildman–Crippen LogP) is 16.6. The molecule has 4 atom stereocenters. The van der Waals surface area contributed by atoms with E-state index in [9.17, 15) is 0 Å². The molecule has 0 amide bonds. The number of allylic oxidation sites excluding steroid dienone is 2. The van der Waals surface area contributed by atoms with Crippen LogP contribution >= 0.6 is 0 Å². The Balaban J connectivity index is 1.17. The Morgan fingerprint density at radius 1 is 0.520 bits per heavy atom. The van der Waals surface area contributed by atoms with Gasteiger partial charge >= 0.3 is 0 Å². The van der Waals surface area contributed by atoms with Crippen LogP contribution in [0.2, 0.25) is 0 Å². The summed E-state index contributed by atoms with van der Waals surface area (Å²) < 4.78 is 0. The highest BCUT2D eigenvalue weighted by Crippen LogP contribution is 2.61. The molecule has 0 radical (unpaired) electrons. The molecule has 2 aliphatic carbocycles. The molecule has 4 unspecified atom stereocenters. The van der Waals surface area contributed by atoms with E-state index in [1.54, 1.807) is 0 Å². The van der Waals surface area contributed by atoms with Crippen LogP contribution in [0.1, 0.15) is 159 Å². The summed E-state index contributed by atoms with van der Waals surface area (Å²) in [5, 5.41) is 0. The van der Waals surface area contributed by atoms with Gasteiger partial charge in [-0.2, -0.15) is 0 Å². The summed E-state index contributed by atoms with van der Waals surface area (Å²) >= 11 is 0. The first kappa shape index (κ1) is 49.4. The summed E-state index contributed by atoms with van der Waals surface area (Å²) in [7, 11) is 0. The van der Waals surface area contributed by atoms with Crippen molar-refractivity contribution in [3.8, 4) is 0 Å². The van der Waals surface area contributed by atoms with Crippen molar-refractivity contribution in [2.75, 3.05) is 14.7 Å². The highest BCUT2D eigenvalue weighted by Gasteiger charge is 2.59. The van der Waals surface area contributed by atoms with E-state index in [0.717, 1.165) is 0 Å². The van der Waals surface area contributed by atoms with E-state index in [-0.39, 0.29) is 57.7 Å². The molecular formula is C71H78BN3. The van der Waals surface area contributed by atoms with Gasteiger partial charge < -0.3 is 14.7 Å². The molecule has 3 aliphatic heterocycles. The number of benzene rings is 7. The molecule has 3 nitrogen and oxygen atoms in total. The van der Waals surface area contributed by atoms with Gasteiger partial charge in [-0.15, -0.1) is 0 Å². The van der Waals surface area contributed by atoms with Crippen molar-refractivity contribution >= 4 is 62.9 Å². The Labute approximate surface area is 450 Å². The molecule has 380 valence electrons. The fourth-order valence-corrected chi connectivity index (χ4v) is 14.0. The summed E-state index contributed by atoms with van der Waals surface area (Å²) in [6.45, 7) is 37.9. The van der Waals surface area contributed by atoms with E-state index in [4.69, 9.17) is 0 Å². The summed E-state index contributed by atoms with van der Waals surface area (Å²) in [5.41, 5.74) is 26.8. The van der Waals surface area contributed by atoms with E-state index in [2.05, 4.69) is 283 Å². The van der Waals surface area contributed by atoms with Crippen LogP contribution in [0, 0.1) is 19.3 Å². The molecule has 0 saturated heterocycles. The van der Waals surface area contributed by atoms with Crippen molar-refractivity contribution in [3.05, 3.63) is 213 Å². The fraction of sp³-hybridized carbons (Fsp3) is 0.352. The van der Waals surface area contributed by atoms with E-state index < -0.39 is 0 Å². The lowest BCUT2D eigenvalue weighted by Gasteiger charge is -2.50. The Bertz CT molecular complexity index is 3460. The van der Waals surface area contributed by atoms with Gasteiger partial charge in [0.05, 0.1) is 12.1 Å². The number of aryl methyl sites for hydroxylation is 2. The largest absolute Gasteiger partial charge is 0.337 e. The van der Waals surface area contributed by atoms with Crippen molar-refractivity contribution in [1.29, 1.82) is 0 Å². The molecule has 0 N–H and O–H groups in total. The lowest BCUT2D eigenvalue weighted by Crippen LogP contribution is -2.64. The van der Waals surface area contributed by atoms with Gasteiger partial charge in [0.2, 0.25) is 0 Å². The SMILES string of the molecule is Cc1cc(C(C)(C)C)ccc1N(c1ccc2c(c1)N(C1C=CC(C(C)(C)C)=CC1c1ccccc1)c1cc(C(C)(C)C)cc3c1B2c1cccc2c1N3C1C2c2ccccc2C1(C)C)c1ccc(C(C)(C)C)cc1C. The van der Waals surface area contributed by atoms with Gasteiger partial charge in [0.1, 0.15) is 0 Å². The molecule has 7 aromatic carbocycles. The molecule has 3 heterocycles. The smallest absolute Gasteiger partial charge is 0.252 e. The number of para-hydroxylation sites is 1. The lowest BCUT2D eigenvalue weighted by atomic mass is 9.33. The van der Waals surface area contributed by atoms with E-state index >= 15 is 0 Å². The van der Waals surface area contributed by atoms with Crippen LogP contribution in [-0.2, 0) is 21.7 Å². The number of hydrogen-bond acceptors (Lipinski definition) is 3. The summed E-state index contributed by atoms with van der Waals surface area (Å²) in [6, 6.07) is 55.3. The Kier molecular flexibility index (Phi) is 11.0. The zero-order valence-electron chi connectivity index (χ0n) is 47.7. The first-order valence-corrected chi connectivity index (χ1v) is 27.9. The van der Waals surface area contributed by atoms with Gasteiger partial charge in [-0.1, -0.05) is 218 Å². The van der Waals surface area contributed by atoms with Crippen LogP contribution in [0.5, 0.6) is 0 Å². The third-order valence-corrected chi connectivity index (χ3v) is 18.1. The molecule has 0 bridgehead atoms. The van der Waals surface area contributed by atoms with Crippen molar-refractivity contribution in [1.82, 2.24) is 0 Å². The Morgan fingerprint density at radius 3 is 1.71 bits per heavy atom. The monoisotopic (exact) mass is 984 g/mol. The highest BCUT2D eigenvalue weighted by molar-refractivity contribution is 7.00. The third kappa shape index (κ3) is 7.65. The molecule has 5 aliphatic rings. The number of fused-ring (bicyclic) bond motifs is 9. The molecule has 0 aromatic heterocycles. The van der Waals surface area contributed by atoms with Crippen molar-refractivity contribution in [3.63, 3.8) is 0 Å². The summed E-state index contributed by atoms with van der Waals surface area (Å²) in [5.74, 6) is 0.363. The quantitative estimate of drug-likeness (QED) is 0.159. The van der Waals surface area contributed by atoms with Gasteiger partial charge in [-0.3, -0.25) is 0 Å². The number of rotatable bonds is 5. The predicted molar refractivity (Wildman–Crippen MR) is 323 cm³/mol. The van der Waals surface area contributed by atoms with Crippen molar-refractivity contribution in [2.45, 2.75) is 156 Å². The molecule has 0 saturated carbocycles. The average Bonchev–Trinajstić information content (AvgIpc) is 4.10. The van der Waals surface area contributed by atoms with Crippen LogP contribution in [-0.4, -0.2) is 18.8 Å². The standard InChI is InChI=1S/C71H78BN3/c1-43-37-46(67(3,4)5)29-34-57(43)73(58-35-30-47(38-44(58)2)68(6,7)8)50-32-33-55-60(42-50)74(59-36-31-48(69(9,10)11)39-53(59)45-23-18-17-19-24-45)61-40-49(70(12,13)14)41-62-64(61)72(55)56-28-22-26-52-63-51-25-20-21-27-54(51)71(15,16)66(63)75(62)65(52)56/h17-42,53,59,63,66H,1-16H3. The minimum absolute atomic E-state index is 0.0153. The molecule has 0 spiro atoms. The number of hydrogen-bond donors (Lipinski definition) is 0. The highest BCUT2D eigenvalue weighted by atomic mass is 15.2. The van der Waals surface area contributed by atoms with Crippen LogP contribution in [0.4, 0.5) is 39.8 Å². The molecule has 12 rings (SSSR count). The van der Waals surface area contributed by atoms with Gasteiger partial charge in [0.25, 0.3) is 6.71 Å². The second-order valence-electron chi connectivity index (χ2n) is 27.6. The molecule has 0 fully saturated rings. The maximum Gasteiger partial charge on any atom is 0.252 e. The lowest BCUT2D eigenvalue weighted by molar-refractivity contribution is 0.431. The number of nitrogens with zero attached hydrogens (tertiary/aromatic N) is 3. The molecule has 75 heavy (non-hydrogen) atoms. The minimum Gasteiger partial charge on any atom is -0.337 e. The van der Waals surface area contributed by atoms with Gasteiger partial charge in [-0.25, -0.2) is 0 Å². The second-order valence-corrected chi connectivity index (χ2v) is 27.6. The maximum absolute atomic E-state index is 2.86. The summed E-state index contributed by atoms with van der Waals surface area (Å²) in [4.78, 5) is 8.24. The van der Waals surface area contributed by atoms with Gasteiger partial charge in [0.15, 0.2) is 0 Å². The Morgan fingerprint density at radius 2 is 1.11 bits per heavy atom. The summed E-state index contributed by atoms with van der Waals surface area (Å²) in [6.07, 6.45) is 7.62. The molecule has 4 heteroatoms. The van der Waals surface area contributed by atoms with Crippen LogP contribution in [0.3, 0.4) is 0 Å². The topological polar surface area (TPSA) is 9.72 Å². The van der Waals surface area contributed by atoms with E-state index in [1.165, 1.54) is 112 Å². The van der Waals surface area contributed by atoms with Gasteiger partial charge in [-0.05, 0) is 144 Å². The van der Waals surface area contributed by atoms with Gasteiger partial charge in [0, 0.05) is 57.1 Å². The Hall–Kier alpha value is -6.52. The van der Waals surface area contributed by atoms with E-state index in [0.29, 0.717) is 0 Å². The first-order chi connectivity index (χ1) is 35.3. The van der Waals surface area contributed by atoms with Crippen LogP contribution in [0.25, 0.3) is 0 Å². The van der Waals surface area contributed by atoms with Crippen molar-refractivity contribution < 1.29 is 0 Å². The normalized spacial score (nSPS) is 20.1. The fourth-order valence-electron chi connectivity index (χ4n) is 14.0. The van der Waals surface area contributed by atoms with Crippen LogP contribution in [0.15, 0.2) is 163 Å². The molecular weight excluding hydrogens is 906 g/mol. The van der Waals surface area contributed by atoms with E-state index in [1.807, 2.05) is 0 Å². The van der Waals surface area contributed by atoms with Crippen molar-refractivity contribution in [2.24, 2.45) is 5.41 Å². The average molecular weight is 984 g/mol. The minimum atomic E-state index is -0.118. The zero-order chi connectivity index (χ0) is 53.1. The number of anilines is 7. The second kappa shape index (κ2) is 16.7. The third-order valence-electron chi connectivity index (χ3n) is 18.1.